The minimum atomic E-state index is -0.845. The minimum Gasteiger partial charge on any atom is -0.365 e. The monoisotopic (exact) mass is 311 g/mol. The van der Waals surface area contributed by atoms with Gasteiger partial charge in [0.2, 0.25) is 5.71 Å². The molecule has 2 rings (SSSR count). The number of hydrogen-bond acceptors (Lipinski definition) is 3. The van der Waals surface area contributed by atoms with Gasteiger partial charge in [0.05, 0.1) is 5.56 Å². The van der Waals surface area contributed by atoms with Crippen LogP contribution in [0.25, 0.3) is 0 Å². The Labute approximate surface area is 132 Å². The lowest BCUT2D eigenvalue weighted by atomic mass is 10.1. The maximum atomic E-state index is 12.2. The number of rotatable bonds is 6. The van der Waals surface area contributed by atoms with Gasteiger partial charge in [0.25, 0.3) is 11.8 Å². The van der Waals surface area contributed by atoms with Crippen LogP contribution in [0.3, 0.4) is 0 Å². The molecule has 0 unspecified atom stereocenters. The first-order chi connectivity index (χ1) is 11.1. The molecular formula is C16H17N5O2+2. The van der Waals surface area contributed by atoms with Crippen LogP contribution < -0.4 is 21.4 Å². The summed E-state index contributed by atoms with van der Waals surface area (Å²) in [7, 11) is 0. The third-order valence-electron chi connectivity index (χ3n) is 3.06. The van der Waals surface area contributed by atoms with E-state index in [4.69, 9.17) is 11.1 Å². The van der Waals surface area contributed by atoms with E-state index in [1.54, 1.807) is 49.1 Å². The van der Waals surface area contributed by atoms with Gasteiger partial charge in [-0.1, -0.05) is 0 Å². The molecule has 0 spiro atoms. The van der Waals surface area contributed by atoms with Crippen LogP contribution in [-0.4, -0.2) is 22.5 Å². The summed E-state index contributed by atoms with van der Waals surface area (Å²) in [6, 6.07) is 6.96. The number of aromatic amines is 1. The van der Waals surface area contributed by atoms with Crippen molar-refractivity contribution in [2.45, 2.75) is 6.54 Å². The number of amides is 2. The Hall–Kier alpha value is -3.35. The Morgan fingerprint density at radius 2 is 1.87 bits per heavy atom. The predicted octanol–water partition coefficient (Wildman–Crippen LogP) is -1.83. The standard InChI is InChI=1S/C16H15N5O2/c17-14(12-3-7-20-8-4-12)9-13(15(18)22)16(23)21-10-11-1-5-19-6-2-11/h1-9,17H,10H2,(H2,18,22)(H,21,23)/p+2/b13-9+,17-14?. The fourth-order valence-corrected chi connectivity index (χ4v) is 1.84. The number of nitrogens with one attached hydrogen (secondary N) is 2. The van der Waals surface area contributed by atoms with E-state index in [0.717, 1.165) is 5.56 Å². The topological polar surface area (TPSA) is 125 Å². The van der Waals surface area contributed by atoms with Crippen molar-refractivity contribution in [2.24, 2.45) is 5.73 Å². The first kappa shape index (κ1) is 16.0. The molecule has 7 nitrogen and oxygen atoms in total. The molecule has 0 aliphatic heterocycles. The predicted molar refractivity (Wildman–Crippen MR) is 82.4 cm³/mol. The van der Waals surface area contributed by atoms with Crippen molar-refractivity contribution in [3.8, 4) is 0 Å². The number of nitrogens with two attached hydrogens (primary N) is 2. The average Bonchev–Trinajstić information content (AvgIpc) is 2.58. The van der Waals surface area contributed by atoms with E-state index >= 15 is 0 Å². The van der Waals surface area contributed by atoms with Crippen LogP contribution in [0.4, 0.5) is 0 Å². The lowest BCUT2D eigenvalue weighted by Crippen LogP contribution is -2.41. The fourth-order valence-electron chi connectivity index (χ4n) is 1.84. The zero-order valence-electron chi connectivity index (χ0n) is 12.3. The summed E-state index contributed by atoms with van der Waals surface area (Å²) in [6.45, 7) is 0.256. The Bertz CT molecular complexity index is 742. The molecule has 7 heteroatoms. The van der Waals surface area contributed by atoms with E-state index in [0.29, 0.717) is 5.56 Å². The van der Waals surface area contributed by atoms with Gasteiger partial charge < -0.3 is 11.1 Å². The average molecular weight is 311 g/mol. The number of primary amides is 1. The third kappa shape index (κ3) is 4.57. The van der Waals surface area contributed by atoms with Crippen molar-refractivity contribution in [1.29, 1.82) is 0 Å². The summed E-state index contributed by atoms with van der Waals surface area (Å²) in [5, 5.41) is 8.54. The van der Waals surface area contributed by atoms with Crippen LogP contribution in [0.15, 0.2) is 60.7 Å². The quantitative estimate of drug-likeness (QED) is 0.251. The SMILES string of the molecule is NC(=O)/C(=C\C(=[NH2+])c1cc[nH+]cc1)C(=O)NCc1ccncc1. The number of carbonyl (C=O) groups excluding carboxylic acids is 2. The van der Waals surface area contributed by atoms with E-state index in [9.17, 15) is 9.59 Å². The van der Waals surface area contributed by atoms with Crippen LogP contribution in [0, 0.1) is 0 Å². The van der Waals surface area contributed by atoms with Crippen LogP contribution in [0.5, 0.6) is 0 Å². The Morgan fingerprint density at radius 3 is 2.48 bits per heavy atom. The van der Waals surface area contributed by atoms with E-state index in [1.807, 2.05) is 0 Å². The van der Waals surface area contributed by atoms with Gasteiger partial charge in [-0.25, -0.2) is 4.98 Å². The molecule has 0 saturated carbocycles. The van der Waals surface area contributed by atoms with Gasteiger partial charge in [-0.2, -0.15) is 0 Å². The molecule has 116 valence electrons. The van der Waals surface area contributed by atoms with Gasteiger partial charge in [0.1, 0.15) is 5.57 Å². The number of carbonyl (C=O) groups is 2. The highest BCUT2D eigenvalue weighted by molar-refractivity contribution is 6.22. The van der Waals surface area contributed by atoms with E-state index in [-0.39, 0.29) is 17.8 Å². The number of pyridine rings is 2. The lowest BCUT2D eigenvalue weighted by Gasteiger charge is -2.06. The Balaban J connectivity index is 2.11. The fraction of sp³-hybridized carbons (Fsp3) is 0.0625. The number of H-pyrrole nitrogens is 1. The minimum absolute atomic E-state index is 0.204. The molecule has 0 aliphatic carbocycles. The summed E-state index contributed by atoms with van der Waals surface area (Å²) in [6.07, 6.45) is 7.88. The largest absolute Gasteiger partial charge is 0.365 e. The maximum absolute atomic E-state index is 12.2. The van der Waals surface area contributed by atoms with Crippen molar-refractivity contribution in [3.63, 3.8) is 0 Å². The number of aromatic nitrogens is 2. The van der Waals surface area contributed by atoms with Gasteiger partial charge >= 0.3 is 0 Å². The molecule has 2 amide bonds. The Morgan fingerprint density at radius 1 is 1.22 bits per heavy atom. The second kappa shape index (κ2) is 7.60. The third-order valence-corrected chi connectivity index (χ3v) is 3.06. The molecule has 0 radical (unpaired) electrons. The highest BCUT2D eigenvalue weighted by Gasteiger charge is 2.18. The summed E-state index contributed by atoms with van der Waals surface area (Å²) in [4.78, 5) is 30.4. The molecular weight excluding hydrogens is 294 g/mol. The Kier molecular flexibility index (Phi) is 5.30. The first-order valence-electron chi connectivity index (χ1n) is 6.85. The molecule has 0 saturated heterocycles. The van der Waals surface area contributed by atoms with E-state index < -0.39 is 11.8 Å². The van der Waals surface area contributed by atoms with Gasteiger partial charge in [0.15, 0.2) is 12.4 Å². The molecule has 0 atom stereocenters. The van der Waals surface area contributed by atoms with Crippen molar-refractivity contribution in [3.05, 3.63) is 71.8 Å². The summed E-state index contributed by atoms with van der Waals surface area (Å²) in [5.41, 5.74) is 6.87. The number of hydrogen-bond donors (Lipinski definition) is 3. The molecule has 6 N–H and O–H groups in total. The molecule has 2 aromatic heterocycles. The second-order valence-electron chi connectivity index (χ2n) is 4.70. The van der Waals surface area contributed by atoms with Gasteiger partial charge in [-0.15, -0.1) is 0 Å². The number of allylic oxidation sites excluding steroid dienone is 1. The molecule has 0 aromatic carbocycles. The van der Waals surface area contributed by atoms with Crippen LogP contribution in [-0.2, 0) is 16.1 Å². The molecule has 0 fully saturated rings. The van der Waals surface area contributed by atoms with Gasteiger partial charge in [0, 0.05) is 37.1 Å². The van der Waals surface area contributed by atoms with E-state index in [1.165, 1.54) is 6.08 Å². The van der Waals surface area contributed by atoms with Crippen LogP contribution in [0.2, 0.25) is 0 Å². The zero-order valence-corrected chi connectivity index (χ0v) is 12.3. The number of nitrogens with zero attached hydrogens (tertiary/aromatic N) is 1. The zero-order chi connectivity index (χ0) is 16.7. The normalized spacial score (nSPS) is 10.9. The maximum Gasteiger partial charge on any atom is 0.257 e. The van der Waals surface area contributed by atoms with Crippen LogP contribution in [0.1, 0.15) is 11.1 Å². The lowest BCUT2D eigenvalue weighted by molar-refractivity contribution is -0.378. The molecule has 2 aromatic rings. The van der Waals surface area contributed by atoms with Crippen LogP contribution >= 0.6 is 0 Å². The van der Waals surface area contributed by atoms with Gasteiger partial charge in [-0.05, 0) is 17.7 Å². The highest BCUT2D eigenvalue weighted by atomic mass is 16.2. The first-order valence-corrected chi connectivity index (χ1v) is 6.85. The van der Waals surface area contributed by atoms with Crippen molar-refractivity contribution < 1.29 is 20.0 Å². The van der Waals surface area contributed by atoms with Gasteiger partial charge in [-0.3, -0.25) is 20.0 Å². The second-order valence-corrected chi connectivity index (χ2v) is 4.70. The molecule has 2 heterocycles. The summed E-state index contributed by atoms with van der Waals surface area (Å²) >= 11 is 0. The highest BCUT2D eigenvalue weighted by Crippen LogP contribution is 2.02. The van der Waals surface area contributed by atoms with Crippen molar-refractivity contribution >= 4 is 17.5 Å². The smallest absolute Gasteiger partial charge is 0.257 e. The van der Waals surface area contributed by atoms with E-state index in [2.05, 4.69) is 15.3 Å². The van der Waals surface area contributed by atoms with Crippen molar-refractivity contribution in [1.82, 2.24) is 10.3 Å². The summed E-state index contributed by atoms with van der Waals surface area (Å²) in [5.74, 6) is -1.43. The molecule has 23 heavy (non-hydrogen) atoms. The molecule has 0 bridgehead atoms. The summed E-state index contributed by atoms with van der Waals surface area (Å²) < 4.78 is 0. The van der Waals surface area contributed by atoms with Crippen molar-refractivity contribution in [2.75, 3.05) is 0 Å². The molecule has 0 aliphatic rings.